The van der Waals surface area contributed by atoms with Crippen LogP contribution in [0, 0.1) is 0 Å². The fourth-order valence-corrected chi connectivity index (χ4v) is 2.38. The van der Waals surface area contributed by atoms with Crippen molar-refractivity contribution in [1.29, 1.82) is 0 Å². The van der Waals surface area contributed by atoms with Crippen molar-refractivity contribution in [3.05, 3.63) is 24.0 Å². The van der Waals surface area contributed by atoms with Crippen LogP contribution in [0.15, 0.2) is 18.5 Å². The van der Waals surface area contributed by atoms with Gasteiger partial charge in [-0.1, -0.05) is 0 Å². The van der Waals surface area contributed by atoms with Gasteiger partial charge in [0.25, 0.3) is 0 Å². The van der Waals surface area contributed by atoms with Gasteiger partial charge in [-0.3, -0.25) is 4.90 Å². The van der Waals surface area contributed by atoms with Crippen LogP contribution in [0.1, 0.15) is 32.4 Å². The highest BCUT2D eigenvalue weighted by atomic mass is 16.5. The molecule has 1 aromatic rings. The van der Waals surface area contributed by atoms with E-state index in [4.69, 9.17) is 4.74 Å². The highest BCUT2D eigenvalue weighted by Crippen LogP contribution is 2.15. The second-order valence-corrected chi connectivity index (χ2v) is 5.40. The first-order valence-corrected chi connectivity index (χ1v) is 6.75. The highest BCUT2D eigenvalue weighted by molar-refractivity contribution is 5.12. The lowest BCUT2D eigenvalue weighted by molar-refractivity contribution is -0.0455. The fourth-order valence-electron chi connectivity index (χ4n) is 2.38. The highest BCUT2D eigenvalue weighted by Gasteiger charge is 2.22. The summed E-state index contributed by atoms with van der Waals surface area (Å²) in [5, 5.41) is 9.50. The number of rotatable bonds is 4. The zero-order valence-corrected chi connectivity index (χ0v) is 11.5. The molecule has 0 aromatic carbocycles. The standard InChI is InChI=1S/C14H24N2O2/c1-11(2)16-6-7-18-14(10-16)9-15-5-4-13(8-15)12(3)17/h4-5,8,11-12,14,17H,6-7,9-10H2,1-3H3. The van der Waals surface area contributed by atoms with Crippen LogP contribution in [0.4, 0.5) is 0 Å². The maximum atomic E-state index is 9.50. The van der Waals surface area contributed by atoms with Gasteiger partial charge in [-0.15, -0.1) is 0 Å². The van der Waals surface area contributed by atoms with Gasteiger partial charge in [-0.25, -0.2) is 0 Å². The number of aliphatic hydroxyl groups is 1. The Labute approximate surface area is 109 Å². The minimum Gasteiger partial charge on any atom is -0.389 e. The predicted molar refractivity (Wildman–Crippen MR) is 71.5 cm³/mol. The van der Waals surface area contributed by atoms with Crippen LogP contribution in [0.5, 0.6) is 0 Å². The van der Waals surface area contributed by atoms with Crippen LogP contribution < -0.4 is 0 Å². The molecule has 0 radical (unpaired) electrons. The number of hydrogen-bond donors (Lipinski definition) is 1. The van der Waals surface area contributed by atoms with E-state index in [0.29, 0.717) is 6.04 Å². The van der Waals surface area contributed by atoms with Crippen molar-refractivity contribution in [2.24, 2.45) is 0 Å². The van der Waals surface area contributed by atoms with Crippen LogP contribution >= 0.6 is 0 Å². The van der Waals surface area contributed by atoms with Gasteiger partial charge >= 0.3 is 0 Å². The summed E-state index contributed by atoms with van der Waals surface area (Å²) in [4.78, 5) is 2.45. The lowest BCUT2D eigenvalue weighted by Gasteiger charge is -2.35. The number of nitrogens with zero attached hydrogens (tertiary/aromatic N) is 2. The first-order valence-electron chi connectivity index (χ1n) is 6.75. The zero-order chi connectivity index (χ0) is 13.1. The molecule has 2 heterocycles. The quantitative estimate of drug-likeness (QED) is 0.885. The molecule has 2 unspecified atom stereocenters. The third-order valence-electron chi connectivity index (χ3n) is 3.57. The molecule has 1 aliphatic heterocycles. The molecule has 0 saturated carbocycles. The van der Waals surface area contributed by atoms with Gasteiger partial charge < -0.3 is 14.4 Å². The first kappa shape index (κ1) is 13.6. The molecule has 1 N–H and O–H groups in total. The van der Waals surface area contributed by atoms with Gasteiger partial charge in [-0.2, -0.15) is 0 Å². The molecular formula is C14H24N2O2. The van der Waals surface area contributed by atoms with Gasteiger partial charge in [0, 0.05) is 38.1 Å². The molecular weight excluding hydrogens is 228 g/mol. The van der Waals surface area contributed by atoms with E-state index < -0.39 is 6.10 Å². The van der Waals surface area contributed by atoms with Gasteiger partial charge in [0.05, 0.1) is 18.8 Å². The van der Waals surface area contributed by atoms with Crippen LogP contribution in [0.2, 0.25) is 0 Å². The number of ether oxygens (including phenoxy) is 1. The Morgan fingerprint density at radius 1 is 1.44 bits per heavy atom. The average Bonchev–Trinajstić information content (AvgIpc) is 2.78. The summed E-state index contributed by atoms with van der Waals surface area (Å²) in [7, 11) is 0. The predicted octanol–water partition coefficient (Wildman–Crippen LogP) is 1.65. The average molecular weight is 252 g/mol. The summed E-state index contributed by atoms with van der Waals surface area (Å²) in [5.41, 5.74) is 0.964. The SMILES string of the molecule is CC(O)c1ccn(CC2CN(C(C)C)CCO2)c1. The number of morpholine rings is 1. The molecule has 1 fully saturated rings. The monoisotopic (exact) mass is 252 g/mol. The van der Waals surface area contributed by atoms with Crippen molar-refractivity contribution < 1.29 is 9.84 Å². The smallest absolute Gasteiger partial charge is 0.0881 e. The van der Waals surface area contributed by atoms with Crippen molar-refractivity contribution in [2.45, 2.75) is 45.6 Å². The van der Waals surface area contributed by atoms with E-state index in [1.807, 2.05) is 18.5 Å². The Morgan fingerprint density at radius 2 is 2.22 bits per heavy atom. The topological polar surface area (TPSA) is 37.6 Å². The van der Waals surface area contributed by atoms with Crippen molar-refractivity contribution in [3.8, 4) is 0 Å². The van der Waals surface area contributed by atoms with E-state index in [1.54, 1.807) is 6.92 Å². The van der Waals surface area contributed by atoms with Gasteiger partial charge in [0.2, 0.25) is 0 Å². The molecule has 18 heavy (non-hydrogen) atoms. The molecule has 2 rings (SSSR count). The molecule has 0 aliphatic carbocycles. The van der Waals surface area contributed by atoms with Gasteiger partial charge in [0.1, 0.15) is 0 Å². The van der Waals surface area contributed by atoms with E-state index in [2.05, 4.69) is 23.3 Å². The van der Waals surface area contributed by atoms with Crippen molar-refractivity contribution in [1.82, 2.24) is 9.47 Å². The van der Waals surface area contributed by atoms with Gasteiger partial charge in [-0.05, 0) is 32.4 Å². The minimum absolute atomic E-state index is 0.246. The summed E-state index contributed by atoms with van der Waals surface area (Å²) >= 11 is 0. The third-order valence-corrected chi connectivity index (χ3v) is 3.57. The third kappa shape index (κ3) is 3.34. The molecule has 2 atom stereocenters. The Hall–Kier alpha value is -0.840. The summed E-state index contributed by atoms with van der Waals surface area (Å²) in [6.07, 6.45) is 3.86. The van der Waals surface area contributed by atoms with E-state index in [0.717, 1.165) is 31.8 Å². The van der Waals surface area contributed by atoms with Crippen molar-refractivity contribution >= 4 is 0 Å². The second-order valence-electron chi connectivity index (χ2n) is 5.40. The summed E-state index contributed by atoms with van der Waals surface area (Å²) in [6.45, 7) is 9.92. The molecule has 4 nitrogen and oxygen atoms in total. The number of aliphatic hydroxyl groups excluding tert-OH is 1. The maximum Gasteiger partial charge on any atom is 0.0881 e. The van der Waals surface area contributed by atoms with Crippen molar-refractivity contribution in [2.75, 3.05) is 19.7 Å². The summed E-state index contributed by atoms with van der Waals surface area (Å²) < 4.78 is 7.91. The molecule has 1 aliphatic rings. The molecule has 1 saturated heterocycles. The molecule has 0 bridgehead atoms. The lowest BCUT2D eigenvalue weighted by Crippen LogP contribution is -2.47. The van der Waals surface area contributed by atoms with Crippen LogP contribution in [0.3, 0.4) is 0 Å². The Morgan fingerprint density at radius 3 is 2.83 bits per heavy atom. The van der Waals surface area contributed by atoms with Crippen LogP contribution in [-0.2, 0) is 11.3 Å². The molecule has 0 amide bonds. The van der Waals surface area contributed by atoms with Crippen molar-refractivity contribution in [3.63, 3.8) is 0 Å². The largest absolute Gasteiger partial charge is 0.389 e. The number of aromatic nitrogens is 1. The Bertz CT molecular complexity index is 374. The first-order chi connectivity index (χ1) is 8.56. The Balaban J connectivity index is 1.92. The Kier molecular flexibility index (Phi) is 4.43. The van der Waals surface area contributed by atoms with E-state index in [9.17, 15) is 5.11 Å². The number of hydrogen-bond acceptors (Lipinski definition) is 3. The van der Waals surface area contributed by atoms with E-state index in [1.165, 1.54) is 0 Å². The second kappa shape index (κ2) is 5.87. The molecule has 4 heteroatoms. The van der Waals surface area contributed by atoms with Gasteiger partial charge in [0.15, 0.2) is 0 Å². The molecule has 1 aromatic heterocycles. The van der Waals surface area contributed by atoms with Crippen LogP contribution in [0.25, 0.3) is 0 Å². The summed E-state index contributed by atoms with van der Waals surface area (Å²) in [5.74, 6) is 0. The molecule has 0 spiro atoms. The minimum atomic E-state index is -0.398. The maximum absolute atomic E-state index is 9.50. The van der Waals surface area contributed by atoms with E-state index >= 15 is 0 Å². The summed E-state index contributed by atoms with van der Waals surface area (Å²) in [6, 6.07) is 2.54. The van der Waals surface area contributed by atoms with Crippen LogP contribution in [-0.4, -0.2) is 46.4 Å². The normalized spacial score (nSPS) is 23.5. The fraction of sp³-hybridized carbons (Fsp3) is 0.714. The lowest BCUT2D eigenvalue weighted by atomic mass is 10.2. The van der Waals surface area contributed by atoms with E-state index in [-0.39, 0.29) is 6.10 Å². The molecule has 102 valence electrons. The zero-order valence-electron chi connectivity index (χ0n) is 11.5.